The summed E-state index contributed by atoms with van der Waals surface area (Å²) in [7, 11) is 0. The number of hydrogen-bond donors (Lipinski definition) is 1. The number of rotatable bonds is 3. The van der Waals surface area contributed by atoms with Crippen molar-refractivity contribution in [2.45, 2.75) is 18.7 Å². The van der Waals surface area contributed by atoms with E-state index in [1.54, 1.807) is 0 Å². The molecule has 0 bridgehead atoms. The molecular weight excluding hydrogens is 415 g/mol. The lowest BCUT2D eigenvalue weighted by Gasteiger charge is -2.28. The number of alkyl halides is 3. The lowest BCUT2D eigenvalue weighted by atomic mass is 10.1. The highest BCUT2D eigenvalue weighted by Crippen LogP contribution is 2.38. The molecule has 0 aromatic carbocycles. The van der Waals surface area contributed by atoms with Crippen LogP contribution in [0.3, 0.4) is 0 Å². The standard InChI is InChI=1S/C19H22F3N7O2/c20-19(21,22)13-7-15(23)24-8-12(13)16-25-17(28-2-5-30-6-3-28)27-18(26-16)29-9-11-1-4-31-14(11)10-29/h7-8,11,14H,1-6,9-10H2,(H2,23,24). The normalized spacial score (nSPS) is 24.0. The molecule has 0 radical (unpaired) electrons. The minimum Gasteiger partial charge on any atom is -0.384 e. The molecule has 3 saturated heterocycles. The second-order valence-electron chi connectivity index (χ2n) is 7.87. The molecule has 2 N–H and O–H groups in total. The maximum atomic E-state index is 13.7. The summed E-state index contributed by atoms with van der Waals surface area (Å²) in [5, 5.41) is 0. The molecule has 0 aliphatic carbocycles. The van der Waals surface area contributed by atoms with Crippen molar-refractivity contribution in [2.24, 2.45) is 5.92 Å². The molecule has 2 unspecified atom stereocenters. The quantitative estimate of drug-likeness (QED) is 0.767. The second kappa shape index (κ2) is 7.75. The number of morpholine rings is 1. The maximum Gasteiger partial charge on any atom is 0.417 e. The zero-order chi connectivity index (χ0) is 21.6. The van der Waals surface area contributed by atoms with E-state index in [2.05, 4.69) is 19.9 Å². The molecule has 2 aromatic heterocycles. The van der Waals surface area contributed by atoms with Gasteiger partial charge < -0.3 is 25.0 Å². The average molecular weight is 437 g/mol. The molecule has 2 aromatic rings. The number of halogens is 3. The first-order valence-electron chi connectivity index (χ1n) is 10.2. The van der Waals surface area contributed by atoms with E-state index in [4.69, 9.17) is 15.2 Å². The highest BCUT2D eigenvalue weighted by atomic mass is 19.4. The molecule has 5 heterocycles. The number of anilines is 3. The van der Waals surface area contributed by atoms with E-state index in [9.17, 15) is 13.2 Å². The van der Waals surface area contributed by atoms with Crippen LogP contribution >= 0.6 is 0 Å². The second-order valence-corrected chi connectivity index (χ2v) is 7.87. The van der Waals surface area contributed by atoms with Gasteiger partial charge in [-0.15, -0.1) is 0 Å². The number of pyridine rings is 1. The molecule has 0 spiro atoms. The largest absolute Gasteiger partial charge is 0.417 e. The fourth-order valence-corrected chi connectivity index (χ4v) is 4.25. The molecule has 5 rings (SSSR count). The summed E-state index contributed by atoms with van der Waals surface area (Å²) in [6.45, 7) is 4.11. The van der Waals surface area contributed by atoms with Crippen LogP contribution in [0.1, 0.15) is 12.0 Å². The van der Waals surface area contributed by atoms with Gasteiger partial charge in [-0.1, -0.05) is 0 Å². The Labute approximate surface area is 176 Å². The van der Waals surface area contributed by atoms with E-state index in [-0.39, 0.29) is 23.3 Å². The molecule has 12 heteroatoms. The van der Waals surface area contributed by atoms with Crippen molar-refractivity contribution in [3.05, 3.63) is 17.8 Å². The molecule has 166 valence electrons. The summed E-state index contributed by atoms with van der Waals surface area (Å²) in [6, 6.07) is 0.807. The van der Waals surface area contributed by atoms with Gasteiger partial charge in [-0.3, -0.25) is 0 Å². The number of nitrogens with zero attached hydrogens (tertiary/aromatic N) is 6. The predicted molar refractivity (Wildman–Crippen MR) is 106 cm³/mol. The fraction of sp³-hybridized carbons (Fsp3) is 0.579. The number of fused-ring (bicyclic) bond motifs is 1. The zero-order valence-corrected chi connectivity index (χ0v) is 16.7. The summed E-state index contributed by atoms with van der Waals surface area (Å²) in [6.07, 6.45) is -2.51. The zero-order valence-electron chi connectivity index (χ0n) is 16.7. The van der Waals surface area contributed by atoms with Crippen LogP contribution in [0, 0.1) is 5.92 Å². The number of nitrogen functional groups attached to an aromatic ring is 1. The molecule has 9 nitrogen and oxygen atoms in total. The number of ether oxygens (including phenoxy) is 2. The summed E-state index contributed by atoms with van der Waals surface area (Å²) >= 11 is 0. The van der Waals surface area contributed by atoms with E-state index in [0.29, 0.717) is 57.2 Å². The smallest absolute Gasteiger partial charge is 0.384 e. The van der Waals surface area contributed by atoms with Gasteiger partial charge in [-0.05, 0) is 12.5 Å². The summed E-state index contributed by atoms with van der Waals surface area (Å²) in [5.74, 6) is 0.740. The highest BCUT2D eigenvalue weighted by molar-refractivity contribution is 5.64. The number of aromatic nitrogens is 4. The van der Waals surface area contributed by atoms with Crippen LogP contribution in [-0.2, 0) is 15.7 Å². The van der Waals surface area contributed by atoms with Crippen LogP contribution in [0.5, 0.6) is 0 Å². The van der Waals surface area contributed by atoms with E-state index in [0.717, 1.165) is 25.3 Å². The molecule has 2 atom stereocenters. The van der Waals surface area contributed by atoms with E-state index in [1.807, 2.05) is 9.80 Å². The van der Waals surface area contributed by atoms with Crippen molar-refractivity contribution in [2.75, 3.05) is 61.5 Å². The van der Waals surface area contributed by atoms with Crippen molar-refractivity contribution in [3.8, 4) is 11.4 Å². The Bertz CT molecular complexity index is 956. The van der Waals surface area contributed by atoms with Gasteiger partial charge in [-0.25, -0.2) is 4.98 Å². The van der Waals surface area contributed by atoms with E-state index in [1.165, 1.54) is 0 Å². The predicted octanol–water partition coefficient (Wildman–Crippen LogP) is 1.60. The topological polar surface area (TPSA) is 103 Å². The van der Waals surface area contributed by atoms with Gasteiger partial charge >= 0.3 is 6.18 Å². The van der Waals surface area contributed by atoms with Crippen molar-refractivity contribution in [1.82, 2.24) is 19.9 Å². The molecule has 3 fully saturated rings. The Kier molecular flexibility index (Phi) is 5.05. The van der Waals surface area contributed by atoms with Crippen molar-refractivity contribution in [3.63, 3.8) is 0 Å². The minimum absolute atomic E-state index is 0.0794. The van der Waals surface area contributed by atoms with Gasteiger partial charge in [0.05, 0.1) is 30.4 Å². The monoisotopic (exact) mass is 437 g/mol. The number of hydrogen-bond acceptors (Lipinski definition) is 9. The molecule has 3 aliphatic heterocycles. The number of nitrogens with two attached hydrogens (primary N) is 1. The lowest BCUT2D eigenvalue weighted by molar-refractivity contribution is -0.137. The van der Waals surface area contributed by atoms with E-state index < -0.39 is 11.7 Å². The Morgan fingerprint density at radius 2 is 1.74 bits per heavy atom. The SMILES string of the molecule is Nc1cc(C(F)(F)F)c(-c2nc(N3CCOCC3)nc(N3CC4CCOC4C3)n2)cn1. The summed E-state index contributed by atoms with van der Waals surface area (Å²) < 4.78 is 52.3. The Balaban J connectivity index is 1.59. The van der Waals surface area contributed by atoms with Crippen LogP contribution in [-0.4, -0.2) is 72.0 Å². The fourth-order valence-electron chi connectivity index (χ4n) is 4.25. The van der Waals surface area contributed by atoms with Crippen molar-refractivity contribution in [1.29, 1.82) is 0 Å². The third-order valence-corrected chi connectivity index (χ3v) is 5.86. The molecule has 0 amide bonds. The van der Waals surface area contributed by atoms with Crippen molar-refractivity contribution < 1.29 is 22.6 Å². The van der Waals surface area contributed by atoms with Crippen LogP contribution < -0.4 is 15.5 Å². The van der Waals surface area contributed by atoms with Crippen LogP contribution in [0.4, 0.5) is 30.9 Å². The minimum atomic E-state index is -4.63. The Hall–Kier alpha value is -2.73. The van der Waals surface area contributed by atoms with Crippen LogP contribution in [0.25, 0.3) is 11.4 Å². The maximum absolute atomic E-state index is 13.7. The van der Waals surface area contributed by atoms with E-state index >= 15 is 0 Å². The van der Waals surface area contributed by atoms with Gasteiger partial charge in [-0.2, -0.15) is 28.1 Å². The first kappa shape index (κ1) is 20.2. The molecule has 31 heavy (non-hydrogen) atoms. The van der Waals surface area contributed by atoms with Crippen LogP contribution in [0.15, 0.2) is 12.3 Å². The highest BCUT2D eigenvalue weighted by Gasteiger charge is 2.39. The third-order valence-electron chi connectivity index (χ3n) is 5.86. The van der Waals surface area contributed by atoms with Gasteiger partial charge in [0.2, 0.25) is 11.9 Å². The Morgan fingerprint density at radius 1 is 1.00 bits per heavy atom. The molecule has 0 saturated carbocycles. The third kappa shape index (κ3) is 3.97. The summed E-state index contributed by atoms with van der Waals surface area (Å²) in [4.78, 5) is 21.1. The van der Waals surface area contributed by atoms with Gasteiger partial charge in [0.15, 0.2) is 5.82 Å². The first-order valence-corrected chi connectivity index (χ1v) is 10.2. The summed E-state index contributed by atoms with van der Waals surface area (Å²) in [5.41, 5.74) is 4.37. The Morgan fingerprint density at radius 3 is 2.45 bits per heavy atom. The molecular formula is C19H22F3N7O2. The van der Waals surface area contributed by atoms with Gasteiger partial charge in [0, 0.05) is 44.9 Å². The average Bonchev–Trinajstić information content (AvgIpc) is 3.36. The van der Waals surface area contributed by atoms with Crippen LogP contribution in [0.2, 0.25) is 0 Å². The van der Waals surface area contributed by atoms with Gasteiger partial charge in [0.25, 0.3) is 0 Å². The lowest BCUT2D eigenvalue weighted by Crippen LogP contribution is -2.38. The van der Waals surface area contributed by atoms with Crippen molar-refractivity contribution >= 4 is 17.7 Å². The van der Waals surface area contributed by atoms with Gasteiger partial charge in [0.1, 0.15) is 5.82 Å². The first-order chi connectivity index (χ1) is 14.9. The molecule has 3 aliphatic rings.